The predicted molar refractivity (Wildman–Crippen MR) is 88.2 cm³/mol. The average Bonchev–Trinajstić information content (AvgIpc) is 3.25. The Bertz CT molecular complexity index is 795. The summed E-state index contributed by atoms with van der Waals surface area (Å²) >= 11 is 7.51. The van der Waals surface area contributed by atoms with Gasteiger partial charge in [-0.2, -0.15) is 8.75 Å². The van der Waals surface area contributed by atoms with E-state index in [1.165, 1.54) is 35.7 Å². The second-order valence-electron chi connectivity index (χ2n) is 5.43. The summed E-state index contributed by atoms with van der Waals surface area (Å²) in [6.07, 6.45) is 2.65. The third-order valence-corrected chi connectivity index (χ3v) is 4.70. The third kappa shape index (κ3) is 2.61. The molecule has 106 valence electrons. The van der Waals surface area contributed by atoms with Crippen molar-refractivity contribution in [3.05, 3.63) is 52.5 Å². The molecule has 1 N–H and O–H groups in total. The summed E-state index contributed by atoms with van der Waals surface area (Å²) in [7, 11) is 0. The minimum Gasteiger partial charge on any atom is -0.378 e. The van der Waals surface area contributed by atoms with Gasteiger partial charge in [0.25, 0.3) is 0 Å². The lowest BCUT2D eigenvalue weighted by molar-refractivity contribution is 1.09. The molecule has 1 heterocycles. The first kappa shape index (κ1) is 13.0. The lowest BCUT2D eigenvalue weighted by Crippen LogP contribution is -2.01. The van der Waals surface area contributed by atoms with Crippen molar-refractivity contribution in [1.29, 1.82) is 0 Å². The SMILES string of the molecule is Clc1ccc2nsnc2c1NCc1cccc(C2CC2)c1. The fraction of sp³-hybridized carbons (Fsp3) is 0.250. The summed E-state index contributed by atoms with van der Waals surface area (Å²) < 4.78 is 8.58. The molecule has 5 heteroatoms. The molecular weight excluding hydrogens is 302 g/mol. The van der Waals surface area contributed by atoms with E-state index in [1.54, 1.807) is 0 Å². The van der Waals surface area contributed by atoms with Gasteiger partial charge in [0.1, 0.15) is 11.0 Å². The molecule has 0 amide bonds. The number of aromatic nitrogens is 2. The molecule has 1 fully saturated rings. The number of benzene rings is 2. The van der Waals surface area contributed by atoms with Crippen LogP contribution in [0.2, 0.25) is 5.02 Å². The first-order valence-corrected chi connectivity index (χ1v) is 8.15. The third-order valence-electron chi connectivity index (χ3n) is 3.85. The van der Waals surface area contributed by atoms with E-state index in [0.29, 0.717) is 5.02 Å². The lowest BCUT2D eigenvalue weighted by atomic mass is 10.1. The summed E-state index contributed by atoms with van der Waals surface area (Å²) in [4.78, 5) is 0. The fourth-order valence-electron chi connectivity index (χ4n) is 2.56. The van der Waals surface area contributed by atoms with E-state index in [0.717, 1.165) is 29.2 Å². The maximum Gasteiger partial charge on any atom is 0.129 e. The quantitative estimate of drug-likeness (QED) is 0.749. The molecule has 0 spiro atoms. The second kappa shape index (κ2) is 5.28. The molecule has 0 unspecified atom stereocenters. The van der Waals surface area contributed by atoms with Crippen molar-refractivity contribution in [3.63, 3.8) is 0 Å². The number of halogens is 1. The van der Waals surface area contributed by atoms with Crippen molar-refractivity contribution in [2.45, 2.75) is 25.3 Å². The van der Waals surface area contributed by atoms with Crippen LogP contribution < -0.4 is 5.32 Å². The van der Waals surface area contributed by atoms with Crippen LogP contribution in [0.15, 0.2) is 36.4 Å². The zero-order valence-corrected chi connectivity index (χ0v) is 12.9. The van der Waals surface area contributed by atoms with Gasteiger partial charge in [0, 0.05) is 6.54 Å². The summed E-state index contributed by atoms with van der Waals surface area (Å²) in [5.74, 6) is 0.778. The molecule has 0 atom stereocenters. The molecule has 4 rings (SSSR count). The summed E-state index contributed by atoms with van der Waals surface area (Å²) in [5.41, 5.74) is 5.34. The van der Waals surface area contributed by atoms with Crippen LogP contribution in [0.5, 0.6) is 0 Å². The van der Waals surface area contributed by atoms with Gasteiger partial charge in [-0.05, 0) is 42.0 Å². The van der Waals surface area contributed by atoms with Gasteiger partial charge in [0.05, 0.1) is 22.4 Å². The molecule has 0 radical (unpaired) electrons. The van der Waals surface area contributed by atoms with Crippen LogP contribution in [0.3, 0.4) is 0 Å². The van der Waals surface area contributed by atoms with Crippen molar-refractivity contribution in [3.8, 4) is 0 Å². The Balaban J connectivity index is 1.59. The van der Waals surface area contributed by atoms with Crippen LogP contribution in [0.4, 0.5) is 5.69 Å². The highest BCUT2D eigenvalue weighted by atomic mass is 35.5. The number of hydrogen-bond acceptors (Lipinski definition) is 4. The zero-order valence-electron chi connectivity index (χ0n) is 11.3. The van der Waals surface area contributed by atoms with Gasteiger partial charge >= 0.3 is 0 Å². The second-order valence-corrected chi connectivity index (χ2v) is 6.36. The first-order chi connectivity index (χ1) is 10.3. The van der Waals surface area contributed by atoms with Gasteiger partial charge in [0.2, 0.25) is 0 Å². The maximum atomic E-state index is 6.29. The largest absolute Gasteiger partial charge is 0.378 e. The normalized spacial score (nSPS) is 14.5. The monoisotopic (exact) mass is 315 g/mol. The maximum absolute atomic E-state index is 6.29. The van der Waals surface area contributed by atoms with Crippen molar-refractivity contribution in [2.24, 2.45) is 0 Å². The van der Waals surface area contributed by atoms with Crippen LogP contribution in [-0.4, -0.2) is 8.75 Å². The van der Waals surface area contributed by atoms with Crippen molar-refractivity contribution in [2.75, 3.05) is 5.32 Å². The number of nitrogens with zero attached hydrogens (tertiary/aromatic N) is 2. The van der Waals surface area contributed by atoms with E-state index in [-0.39, 0.29) is 0 Å². The minimum atomic E-state index is 0.688. The number of nitrogens with one attached hydrogen (secondary N) is 1. The average molecular weight is 316 g/mol. The molecule has 21 heavy (non-hydrogen) atoms. The molecule has 0 bridgehead atoms. The molecule has 3 nitrogen and oxygen atoms in total. The highest BCUT2D eigenvalue weighted by molar-refractivity contribution is 7.00. The van der Waals surface area contributed by atoms with Gasteiger partial charge in [-0.3, -0.25) is 0 Å². The molecule has 1 aromatic heterocycles. The fourth-order valence-corrected chi connectivity index (χ4v) is 3.32. The minimum absolute atomic E-state index is 0.688. The van der Waals surface area contributed by atoms with E-state index in [1.807, 2.05) is 12.1 Å². The van der Waals surface area contributed by atoms with Gasteiger partial charge < -0.3 is 5.32 Å². The Morgan fingerprint density at radius 1 is 1.19 bits per heavy atom. The van der Waals surface area contributed by atoms with Crippen LogP contribution in [0, 0.1) is 0 Å². The van der Waals surface area contributed by atoms with E-state index >= 15 is 0 Å². The molecule has 1 saturated carbocycles. The van der Waals surface area contributed by atoms with Crippen LogP contribution in [0.1, 0.15) is 29.9 Å². The van der Waals surface area contributed by atoms with Crippen molar-refractivity contribution >= 4 is 40.0 Å². The van der Waals surface area contributed by atoms with Crippen LogP contribution in [0.25, 0.3) is 11.0 Å². The Hall–Kier alpha value is -1.65. The number of anilines is 1. The zero-order chi connectivity index (χ0) is 14.2. The smallest absolute Gasteiger partial charge is 0.129 e. The lowest BCUT2D eigenvalue weighted by Gasteiger charge is -2.10. The molecule has 0 aliphatic heterocycles. The van der Waals surface area contributed by atoms with Gasteiger partial charge in [-0.15, -0.1) is 0 Å². The Kier molecular flexibility index (Phi) is 3.28. The topological polar surface area (TPSA) is 37.8 Å². The summed E-state index contributed by atoms with van der Waals surface area (Å²) in [5, 5.41) is 4.11. The van der Waals surface area contributed by atoms with Gasteiger partial charge in [0.15, 0.2) is 0 Å². The molecule has 1 aliphatic rings. The highest BCUT2D eigenvalue weighted by Crippen LogP contribution is 2.40. The Morgan fingerprint density at radius 3 is 2.95 bits per heavy atom. The highest BCUT2D eigenvalue weighted by Gasteiger charge is 2.23. The molecule has 3 aromatic rings. The van der Waals surface area contributed by atoms with E-state index in [2.05, 4.69) is 38.3 Å². The van der Waals surface area contributed by atoms with E-state index in [9.17, 15) is 0 Å². The molecule has 0 saturated heterocycles. The summed E-state index contributed by atoms with van der Waals surface area (Å²) in [6, 6.07) is 12.6. The van der Waals surface area contributed by atoms with Crippen molar-refractivity contribution < 1.29 is 0 Å². The molecule has 2 aromatic carbocycles. The standard InChI is InChI=1S/C16H14ClN3S/c17-13-6-7-14-16(20-21-19-14)15(13)18-9-10-2-1-3-12(8-10)11-4-5-11/h1-3,6-8,11,18H,4-5,9H2. The van der Waals surface area contributed by atoms with Crippen LogP contribution in [-0.2, 0) is 6.54 Å². The number of rotatable bonds is 4. The first-order valence-electron chi connectivity index (χ1n) is 7.05. The van der Waals surface area contributed by atoms with Gasteiger partial charge in [-0.25, -0.2) is 0 Å². The number of fused-ring (bicyclic) bond motifs is 1. The van der Waals surface area contributed by atoms with Crippen LogP contribution >= 0.6 is 23.3 Å². The Morgan fingerprint density at radius 2 is 2.10 bits per heavy atom. The Labute approximate surface area is 132 Å². The molecule has 1 aliphatic carbocycles. The molecular formula is C16H14ClN3S. The van der Waals surface area contributed by atoms with E-state index < -0.39 is 0 Å². The number of hydrogen-bond donors (Lipinski definition) is 1. The predicted octanol–water partition coefficient (Wildman–Crippen LogP) is 4.83. The van der Waals surface area contributed by atoms with Crippen molar-refractivity contribution in [1.82, 2.24) is 8.75 Å². The van der Waals surface area contributed by atoms with Gasteiger partial charge in [-0.1, -0.05) is 35.9 Å². The summed E-state index contributed by atoms with van der Waals surface area (Å²) in [6.45, 7) is 0.747. The van der Waals surface area contributed by atoms with E-state index in [4.69, 9.17) is 11.6 Å².